The maximum Gasteiger partial charge on any atom is 0.406 e. The average Bonchev–Trinajstić information content (AvgIpc) is 3.31. The van der Waals surface area contributed by atoms with Gasteiger partial charge in [0.1, 0.15) is 52.7 Å². The molecule has 0 atom stereocenters. The minimum atomic E-state index is -7.22. The molecule has 3 nitrogen and oxygen atoms in total. The highest BCUT2D eigenvalue weighted by Crippen LogP contribution is 2.36. The lowest BCUT2D eigenvalue weighted by Gasteiger charge is -2.44. The molecule has 6 aromatic carbocycles. The fourth-order valence-corrected chi connectivity index (χ4v) is 7.85. The number of benzene rings is 6. The molecule has 0 amide bonds. The fraction of sp³-hybridized carbons (Fsp3) is 0.0476. The van der Waals surface area contributed by atoms with Crippen LogP contribution in [-0.4, -0.2) is 14.4 Å². The average molecular weight is 1190 g/mol. The molecule has 69 heavy (non-hydrogen) atoms. The Bertz CT molecular complexity index is 2870. The van der Waals surface area contributed by atoms with Crippen LogP contribution in [0.25, 0.3) is 10.9 Å². The van der Waals surface area contributed by atoms with Gasteiger partial charge in [-0.1, -0.05) is 42.5 Å². The van der Waals surface area contributed by atoms with Crippen LogP contribution in [0.4, 0.5) is 87.8 Å². The van der Waals surface area contributed by atoms with E-state index in [1.54, 1.807) is 6.07 Å². The number of hydrogen-bond donors (Lipinski definition) is 0. The van der Waals surface area contributed by atoms with Crippen LogP contribution in [0.1, 0.15) is 16.1 Å². The molecule has 27 heteroatoms. The molecule has 1 heterocycles. The van der Waals surface area contributed by atoms with Crippen molar-refractivity contribution in [1.29, 1.82) is 0 Å². The smallest absolute Gasteiger partial charge is 0.406 e. The van der Waals surface area contributed by atoms with Crippen LogP contribution in [0.5, 0.6) is 0 Å². The third-order valence-corrected chi connectivity index (χ3v) is 10.7. The molecule has 0 aliphatic rings. The summed E-state index contributed by atoms with van der Waals surface area (Å²) in [6.45, 7) is 0.576. The molecular formula is C42H13BBr3F20NO2. The van der Waals surface area contributed by atoms with Gasteiger partial charge < -0.3 is 4.74 Å². The first-order valence-corrected chi connectivity index (χ1v) is 20.5. The van der Waals surface area contributed by atoms with Crippen molar-refractivity contribution in [3.05, 3.63) is 194 Å². The fourth-order valence-electron chi connectivity index (χ4n) is 7.41. The molecule has 0 saturated carbocycles. The highest BCUT2D eigenvalue weighted by Gasteiger charge is 2.52. The van der Waals surface area contributed by atoms with Crippen LogP contribution in [0.2, 0.25) is 0 Å². The first-order chi connectivity index (χ1) is 32.1. The summed E-state index contributed by atoms with van der Waals surface area (Å²) in [4.78, 5) is 12.6. The number of hydrogen-bond acceptors (Lipinski definition) is 2. The third-order valence-electron chi connectivity index (χ3n) is 10.2. The molecule has 0 saturated heterocycles. The number of halogens is 23. The first kappa shape index (κ1) is 52.7. The summed E-state index contributed by atoms with van der Waals surface area (Å²) < 4.78 is 300. The molecule has 7 rings (SSSR count). The summed E-state index contributed by atoms with van der Waals surface area (Å²) in [6.07, 6.45) is -7.22. The van der Waals surface area contributed by atoms with Crippen molar-refractivity contribution in [3.63, 3.8) is 0 Å². The minimum absolute atomic E-state index is 0.442. The Morgan fingerprint density at radius 1 is 0.406 bits per heavy atom. The number of nitrogens with zero attached hydrogens (tertiary/aromatic N) is 1. The standard InChI is InChI=1S/C24BF20.C18H13Br3NO2/c26-5-1(6(27)14(35)21(42)13(5)34)25(2-7(28)15(36)22(43)16(37)8(2)29,3-9(30)17(38)23(44)18(39)10(3)31)4-11(32)19(40)24(45)20(41)12(4)33;19-18(20,21)24-17(23)16-11-10-14-8-4-5-9-15(14)22(16)12-13-6-2-1-3-7-13/h;1-11H,12H2/q-1;+1. The lowest BCUT2D eigenvalue weighted by atomic mass is 9.12. The van der Waals surface area contributed by atoms with Crippen molar-refractivity contribution < 1.29 is 102 Å². The summed E-state index contributed by atoms with van der Waals surface area (Å²) in [7, 11) is 0. The molecule has 0 aliphatic carbocycles. The van der Waals surface area contributed by atoms with Gasteiger partial charge in [0.25, 0.3) is 8.02 Å². The predicted molar refractivity (Wildman–Crippen MR) is 214 cm³/mol. The quantitative estimate of drug-likeness (QED) is 0.0303. The normalized spacial score (nSPS) is 11.8. The highest BCUT2D eigenvalue weighted by atomic mass is 80.0. The molecule has 362 valence electrons. The summed E-state index contributed by atoms with van der Waals surface area (Å²) in [5.74, 6) is -71.8. The maximum atomic E-state index is 15.4. The van der Waals surface area contributed by atoms with Crippen molar-refractivity contribution in [2.24, 2.45) is 0 Å². The van der Waals surface area contributed by atoms with Gasteiger partial charge >= 0.3 is 5.97 Å². The zero-order valence-corrected chi connectivity index (χ0v) is 37.4. The van der Waals surface area contributed by atoms with E-state index in [2.05, 4.69) is 47.8 Å². The molecule has 0 bridgehead atoms. The van der Waals surface area contributed by atoms with Gasteiger partial charge in [0.2, 0.25) is 5.52 Å². The van der Waals surface area contributed by atoms with Gasteiger partial charge in [-0.25, -0.2) is 92.6 Å². The summed E-state index contributed by atoms with van der Waals surface area (Å²) in [6, 6.07) is 21.7. The number of carbonyl (C=O) groups excluding carboxylic acids is 1. The van der Waals surface area contributed by atoms with Gasteiger partial charge in [-0.3, -0.25) is 0 Å². The van der Waals surface area contributed by atoms with E-state index in [0.717, 1.165) is 16.5 Å². The minimum Gasteiger partial charge on any atom is -0.419 e. The van der Waals surface area contributed by atoms with E-state index in [0.29, 0.717) is 12.2 Å². The number of pyridine rings is 1. The molecule has 0 N–H and O–H groups in total. The Morgan fingerprint density at radius 2 is 0.696 bits per heavy atom. The lowest BCUT2D eigenvalue weighted by molar-refractivity contribution is -0.665. The van der Waals surface area contributed by atoms with Crippen LogP contribution in [0, 0.1) is 116 Å². The predicted octanol–water partition coefficient (Wildman–Crippen LogP) is 11.0. The van der Waals surface area contributed by atoms with E-state index in [4.69, 9.17) is 4.74 Å². The van der Waals surface area contributed by atoms with Gasteiger partial charge in [0.15, 0.2) is 76.4 Å². The van der Waals surface area contributed by atoms with Gasteiger partial charge in [-0.05, 0) is 59.9 Å². The van der Waals surface area contributed by atoms with E-state index < -0.39 is 153 Å². The van der Waals surface area contributed by atoms with Crippen molar-refractivity contribution in [1.82, 2.24) is 0 Å². The topological polar surface area (TPSA) is 30.2 Å². The van der Waals surface area contributed by atoms with Crippen LogP contribution < -0.4 is 26.4 Å². The molecule has 0 spiro atoms. The SMILES string of the molecule is Fc1c(F)c(F)c([B-](c2c(F)c(F)c(F)c(F)c2F)(c2c(F)c(F)c(F)c(F)c2F)c2c(F)c(F)c(F)c(F)c2F)c(F)c1F.O=C(OC(Br)(Br)Br)c1ccc2ccccc2[n+]1Cc1ccccc1. The molecule has 0 radical (unpaired) electrons. The number of rotatable bonds is 7. The summed E-state index contributed by atoms with van der Waals surface area (Å²) in [5, 5.41) is 1.06. The van der Waals surface area contributed by atoms with E-state index >= 15 is 35.1 Å². The Labute approximate surface area is 396 Å². The zero-order valence-electron chi connectivity index (χ0n) is 32.6. The maximum absolute atomic E-state index is 15.4. The first-order valence-electron chi connectivity index (χ1n) is 18.1. The number of para-hydroxylation sites is 1. The van der Waals surface area contributed by atoms with Crippen molar-refractivity contribution in [2.45, 2.75) is 8.87 Å². The van der Waals surface area contributed by atoms with Gasteiger partial charge in [-0.2, -0.15) is 4.57 Å². The van der Waals surface area contributed by atoms with Gasteiger partial charge in [-0.15, -0.1) is 21.9 Å². The van der Waals surface area contributed by atoms with Crippen LogP contribution in [0.3, 0.4) is 0 Å². The number of aromatic nitrogens is 1. The number of fused-ring (bicyclic) bond motifs is 1. The van der Waals surface area contributed by atoms with E-state index in [9.17, 15) is 57.5 Å². The highest BCUT2D eigenvalue weighted by molar-refractivity contribution is 9.39. The van der Waals surface area contributed by atoms with Crippen molar-refractivity contribution >= 4 is 92.7 Å². The van der Waals surface area contributed by atoms with Crippen LogP contribution in [-0.2, 0) is 11.3 Å². The Morgan fingerprint density at radius 3 is 1.01 bits per heavy atom. The van der Waals surface area contributed by atoms with Gasteiger partial charge in [0.05, 0.1) is 0 Å². The van der Waals surface area contributed by atoms with E-state index in [-0.39, 0.29) is 0 Å². The molecule has 7 aromatic rings. The lowest BCUT2D eigenvalue weighted by Crippen LogP contribution is -2.81. The molecule has 0 unspecified atom stereocenters. The van der Waals surface area contributed by atoms with E-state index in [1.807, 2.05) is 65.2 Å². The van der Waals surface area contributed by atoms with E-state index in [1.165, 1.54) is 0 Å². The Kier molecular flexibility index (Phi) is 15.0. The zero-order chi connectivity index (χ0) is 51.5. The third kappa shape index (κ3) is 8.93. The molecular weight excluding hydrogens is 1180 g/mol. The molecule has 0 fully saturated rings. The Balaban J connectivity index is 0.000000273. The molecule has 1 aromatic heterocycles. The number of alkyl halides is 3. The summed E-state index contributed by atoms with van der Waals surface area (Å²) >= 11 is 9.60. The second-order valence-electron chi connectivity index (χ2n) is 14.0. The number of ether oxygens (including phenoxy) is 1. The monoisotopic (exact) mass is 1190 g/mol. The van der Waals surface area contributed by atoms with Crippen LogP contribution in [0.15, 0.2) is 66.7 Å². The van der Waals surface area contributed by atoms with Crippen molar-refractivity contribution in [2.75, 3.05) is 0 Å². The number of carbonyl (C=O) groups is 1. The van der Waals surface area contributed by atoms with Crippen LogP contribution >= 0.6 is 47.8 Å². The van der Waals surface area contributed by atoms with Gasteiger partial charge in [0, 0.05) is 23.1 Å². The molecule has 0 aliphatic heterocycles. The second-order valence-corrected chi connectivity index (χ2v) is 20.5. The van der Waals surface area contributed by atoms with Crippen molar-refractivity contribution in [3.8, 4) is 0 Å². The Hall–Kier alpha value is -5.70. The second kappa shape index (κ2) is 19.6. The summed E-state index contributed by atoms with van der Waals surface area (Å²) in [5.41, 5.74) is -11.8. The largest absolute Gasteiger partial charge is 0.419 e. The number of esters is 1.